The number of aryl methyl sites for hydroxylation is 2. The summed E-state index contributed by atoms with van der Waals surface area (Å²) in [5.41, 5.74) is 3.27. The molecule has 12 nitrogen and oxygen atoms in total. The van der Waals surface area contributed by atoms with E-state index in [4.69, 9.17) is 32.7 Å². The first kappa shape index (κ1) is 37.0. The molecule has 0 aliphatic carbocycles. The van der Waals surface area contributed by atoms with E-state index >= 15 is 0 Å². The molecule has 0 saturated carbocycles. The summed E-state index contributed by atoms with van der Waals surface area (Å²) in [6, 6.07) is 0. The van der Waals surface area contributed by atoms with Crippen LogP contribution in [0.4, 0.5) is 0 Å². The molecule has 2 amide bonds. The third-order valence-electron chi connectivity index (χ3n) is 10.1. The maximum absolute atomic E-state index is 12.8. The molecule has 0 atom stereocenters. The molecule has 6 aliphatic heterocycles. The SMILES string of the molecule is CC.CC.CN1CCCn2nc(C(=O)N3CC4(CCOCC4)C3)c(Cl)c2C1.CN1CCCn2nc(C(=O)N3CC4(COC4)C3)c(Cl)c2C1. The van der Waals surface area contributed by atoms with E-state index in [0.29, 0.717) is 21.4 Å². The lowest BCUT2D eigenvalue weighted by atomic mass is 9.73. The summed E-state index contributed by atoms with van der Waals surface area (Å²) in [7, 11) is 4.14. The number of aromatic nitrogens is 4. The molecule has 2 aromatic heterocycles. The molecule has 4 saturated heterocycles. The summed E-state index contributed by atoms with van der Waals surface area (Å²) in [6.07, 6.45) is 4.16. The summed E-state index contributed by atoms with van der Waals surface area (Å²) >= 11 is 12.9. The summed E-state index contributed by atoms with van der Waals surface area (Å²) in [6.45, 7) is 19.5. The Morgan fingerprint density at radius 1 is 0.646 bits per heavy atom. The van der Waals surface area contributed by atoms with Gasteiger partial charge in [0.2, 0.25) is 0 Å². The Morgan fingerprint density at radius 2 is 1.06 bits per heavy atom. The lowest BCUT2D eigenvalue weighted by Crippen LogP contribution is -2.67. The quantitative estimate of drug-likeness (QED) is 0.449. The van der Waals surface area contributed by atoms with Gasteiger partial charge in [-0.2, -0.15) is 10.2 Å². The second-order valence-corrected chi connectivity index (χ2v) is 14.5. The lowest BCUT2D eigenvalue weighted by Gasteiger charge is -2.54. The van der Waals surface area contributed by atoms with Crippen molar-refractivity contribution in [3.05, 3.63) is 32.8 Å². The van der Waals surface area contributed by atoms with E-state index < -0.39 is 0 Å². The minimum Gasteiger partial charge on any atom is -0.381 e. The number of rotatable bonds is 2. The van der Waals surface area contributed by atoms with Crippen molar-refractivity contribution in [1.82, 2.24) is 39.2 Å². The fourth-order valence-electron chi connectivity index (χ4n) is 7.35. The predicted molar refractivity (Wildman–Crippen MR) is 187 cm³/mol. The number of amides is 2. The predicted octanol–water partition coefficient (Wildman–Crippen LogP) is 4.52. The highest BCUT2D eigenvalue weighted by Crippen LogP contribution is 2.41. The minimum absolute atomic E-state index is 0.0182. The van der Waals surface area contributed by atoms with Gasteiger partial charge in [0.05, 0.1) is 40.1 Å². The van der Waals surface area contributed by atoms with E-state index in [0.717, 1.165) is 129 Å². The van der Waals surface area contributed by atoms with Gasteiger partial charge in [0.25, 0.3) is 11.8 Å². The number of halogens is 2. The maximum atomic E-state index is 12.8. The van der Waals surface area contributed by atoms with E-state index in [2.05, 4.69) is 34.1 Å². The smallest absolute Gasteiger partial charge is 0.275 e. The van der Waals surface area contributed by atoms with Crippen molar-refractivity contribution in [3.8, 4) is 0 Å². The number of hydrogen-bond acceptors (Lipinski definition) is 8. The van der Waals surface area contributed by atoms with Crippen LogP contribution in [0.25, 0.3) is 0 Å². The summed E-state index contributed by atoms with van der Waals surface area (Å²) in [4.78, 5) is 33.5. The van der Waals surface area contributed by atoms with Gasteiger partial charge >= 0.3 is 0 Å². The van der Waals surface area contributed by atoms with Crippen LogP contribution in [-0.2, 0) is 35.7 Å². The number of likely N-dealkylation sites (tertiary alicyclic amines) is 2. The van der Waals surface area contributed by atoms with Crippen LogP contribution < -0.4 is 0 Å². The Labute approximate surface area is 295 Å². The molecule has 14 heteroatoms. The first-order chi connectivity index (χ1) is 23.2. The van der Waals surface area contributed by atoms with Crippen LogP contribution in [0.2, 0.25) is 10.0 Å². The molecular formula is C34H54Cl2N8O4. The zero-order valence-electron chi connectivity index (χ0n) is 29.7. The molecule has 48 heavy (non-hydrogen) atoms. The lowest BCUT2D eigenvalue weighted by molar-refractivity contribution is -0.176. The number of fused-ring (bicyclic) bond motifs is 2. The molecule has 4 fully saturated rings. The number of nitrogens with zero attached hydrogens (tertiary/aromatic N) is 8. The molecule has 268 valence electrons. The molecule has 0 aromatic carbocycles. The zero-order valence-corrected chi connectivity index (χ0v) is 31.2. The summed E-state index contributed by atoms with van der Waals surface area (Å²) in [5.74, 6) is -0.0592. The first-order valence-electron chi connectivity index (χ1n) is 17.8. The Morgan fingerprint density at radius 3 is 1.46 bits per heavy atom. The van der Waals surface area contributed by atoms with E-state index in [1.807, 2.05) is 46.9 Å². The fraction of sp³-hybridized carbons (Fsp3) is 0.765. The van der Waals surface area contributed by atoms with Crippen LogP contribution in [0.1, 0.15) is 85.7 Å². The van der Waals surface area contributed by atoms with Gasteiger partial charge in [-0.05, 0) is 39.8 Å². The van der Waals surface area contributed by atoms with E-state index in [1.54, 1.807) is 0 Å². The van der Waals surface area contributed by atoms with Crippen LogP contribution >= 0.6 is 23.2 Å². The van der Waals surface area contributed by atoms with Crippen molar-refractivity contribution in [2.75, 3.05) is 79.8 Å². The molecule has 6 aliphatic rings. The highest BCUT2D eigenvalue weighted by molar-refractivity contribution is 6.34. The van der Waals surface area contributed by atoms with Crippen molar-refractivity contribution in [2.45, 2.75) is 79.6 Å². The summed E-state index contributed by atoms with van der Waals surface area (Å²) in [5, 5.41) is 10.1. The van der Waals surface area contributed by atoms with E-state index in [1.165, 1.54) is 0 Å². The van der Waals surface area contributed by atoms with Gasteiger partial charge in [-0.1, -0.05) is 50.9 Å². The Kier molecular flexibility index (Phi) is 12.2. The minimum atomic E-state index is -0.0410. The van der Waals surface area contributed by atoms with E-state index in [-0.39, 0.29) is 22.6 Å². The maximum Gasteiger partial charge on any atom is 0.275 e. The van der Waals surface area contributed by atoms with E-state index in [9.17, 15) is 9.59 Å². The van der Waals surface area contributed by atoms with Gasteiger partial charge in [0.1, 0.15) is 0 Å². The normalized spacial score (nSPS) is 22.4. The second-order valence-electron chi connectivity index (χ2n) is 13.8. The average molecular weight is 710 g/mol. The molecule has 8 rings (SSSR count). The number of hydrogen-bond donors (Lipinski definition) is 0. The van der Waals surface area contributed by atoms with Crippen molar-refractivity contribution in [3.63, 3.8) is 0 Å². The number of carbonyl (C=O) groups excluding carboxylic acids is 2. The third-order valence-corrected chi connectivity index (χ3v) is 10.9. The Hall–Kier alpha value is -2.22. The standard InChI is InChI=1S/C16H23ClN4O2.C14H19ClN4O2.2C2H6/c1-19-5-2-6-21-12(9-19)13(17)14(18-21)15(22)20-10-16(11-20)3-7-23-8-4-16;1-17-3-2-4-19-10(5-17)11(15)12(16-19)13(20)18-6-14(7-18)8-21-9-14;2*1-2/h2-11H2,1H3;2-9H2,1H3;2*1-2H3. The van der Waals surface area contributed by atoms with Crippen molar-refractivity contribution < 1.29 is 19.1 Å². The highest BCUT2D eigenvalue weighted by Gasteiger charge is 2.51. The van der Waals surface area contributed by atoms with Crippen LogP contribution in [-0.4, -0.2) is 131 Å². The second kappa shape index (κ2) is 15.8. The molecule has 0 radical (unpaired) electrons. The molecule has 8 heterocycles. The van der Waals surface area contributed by atoms with Gasteiger partial charge in [-0.3, -0.25) is 19.0 Å². The number of carbonyl (C=O) groups is 2. The molecule has 0 N–H and O–H groups in total. The Balaban J connectivity index is 0.000000171. The van der Waals surface area contributed by atoms with Gasteiger partial charge in [-0.25, -0.2) is 0 Å². The van der Waals surface area contributed by atoms with Crippen molar-refractivity contribution >= 4 is 35.0 Å². The average Bonchev–Trinajstić information content (AvgIpc) is 3.33. The zero-order chi connectivity index (χ0) is 34.6. The van der Waals surface area contributed by atoms with Gasteiger partial charge in [-0.15, -0.1) is 0 Å². The van der Waals surface area contributed by atoms with Crippen LogP contribution in [0.3, 0.4) is 0 Å². The first-order valence-corrected chi connectivity index (χ1v) is 18.5. The molecule has 2 spiro atoms. The molecular weight excluding hydrogens is 655 g/mol. The van der Waals surface area contributed by atoms with Crippen LogP contribution in [0, 0.1) is 10.8 Å². The third kappa shape index (κ3) is 7.44. The monoisotopic (exact) mass is 708 g/mol. The number of ether oxygens (including phenoxy) is 2. The topological polar surface area (TPSA) is 101 Å². The van der Waals surface area contributed by atoms with Crippen molar-refractivity contribution in [2.24, 2.45) is 10.8 Å². The molecule has 0 bridgehead atoms. The fourth-order valence-corrected chi connectivity index (χ4v) is 7.90. The van der Waals surface area contributed by atoms with Gasteiger partial charge in [0, 0.05) is 84.1 Å². The van der Waals surface area contributed by atoms with Crippen molar-refractivity contribution in [1.29, 1.82) is 0 Å². The van der Waals surface area contributed by atoms with Gasteiger partial charge < -0.3 is 29.1 Å². The van der Waals surface area contributed by atoms with Crippen LogP contribution in [0.5, 0.6) is 0 Å². The largest absolute Gasteiger partial charge is 0.381 e. The molecule has 2 aromatic rings. The Bertz CT molecular complexity index is 1420. The van der Waals surface area contributed by atoms with Gasteiger partial charge in [0.15, 0.2) is 11.4 Å². The summed E-state index contributed by atoms with van der Waals surface area (Å²) < 4.78 is 14.5. The molecule has 0 unspecified atom stereocenters. The van der Waals surface area contributed by atoms with Crippen LogP contribution in [0.15, 0.2) is 0 Å². The highest BCUT2D eigenvalue weighted by atomic mass is 35.5.